The number of likely N-dealkylation sites (N-methyl/N-ethyl adjacent to an activating group) is 1. The summed E-state index contributed by atoms with van der Waals surface area (Å²) in [4.78, 5) is 13.6. The first-order valence-corrected chi connectivity index (χ1v) is 5.28. The molecule has 3 nitrogen and oxygen atoms in total. The molecular formula is C13H19NO2. The number of ether oxygens (including phenoxy) is 1. The number of carbonyl (C=O) groups excluding carboxylic acids is 1. The fourth-order valence-electron chi connectivity index (χ4n) is 1.78. The number of nitrogens with zero attached hydrogens (tertiary/aromatic N) is 1. The van der Waals surface area contributed by atoms with E-state index >= 15 is 0 Å². The molecule has 1 atom stereocenters. The molecule has 3 heteroatoms. The van der Waals surface area contributed by atoms with E-state index in [1.54, 1.807) is 0 Å². The number of aryl methyl sites for hydroxylation is 2. The highest BCUT2D eigenvalue weighted by Gasteiger charge is 2.25. The van der Waals surface area contributed by atoms with Gasteiger partial charge in [0.2, 0.25) is 0 Å². The SMILES string of the molecule is COC(=O)C(c1cc(C)ccc1C)N(C)C. The minimum atomic E-state index is -0.329. The van der Waals surface area contributed by atoms with E-state index in [1.807, 2.05) is 51.0 Å². The molecule has 16 heavy (non-hydrogen) atoms. The highest BCUT2D eigenvalue weighted by Crippen LogP contribution is 2.24. The second kappa shape index (κ2) is 5.12. The van der Waals surface area contributed by atoms with Crippen molar-refractivity contribution in [2.24, 2.45) is 0 Å². The van der Waals surface area contributed by atoms with Gasteiger partial charge in [0.1, 0.15) is 6.04 Å². The minimum absolute atomic E-state index is 0.223. The van der Waals surface area contributed by atoms with E-state index in [1.165, 1.54) is 7.11 Å². The lowest BCUT2D eigenvalue weighted by Crippen LogP contribution is -2.29. The van der Waals surface area contributed by atoms with E-state index in [2.05, 4.69) is 0 Å². The summed E-state index contributed by atoms with van der Waals surface area (Å²) in [6.07, 6.45) is 0. The van der Waals surface area contributed by atoms with Crippen molar-refractivity contribution in [2.75, 3.05) is 21.2 Å². The standard InChI is InChI=1S/C13H19NO2/c1-9-6-7-10(2)11(8-9)12(14(3)4)13(15)16-5/h6-8,12H,1-5H3. The van der Waals surface area contributed by atoms with Crippen LogP contribution < -0.4 is 0 Å². The quantitative estimate of drug-likeness (QED) is 0.732. The Morgan fingerprint density at radius 1 is 1.31 bits per heavy atom. The van der Waals surface area contributed by atoms with Gasteiger partial charge in [-0.25, -0.2) is 4.79 Å². The van der Waals surface area contributed by atoms with Crippen LogP contribution in [0.2, 0.25) is 0 Å². The lowest BCUT2D eigenvalue weighted by molar-refractivity contribution is -0.146. The number of hydrogen-bond acceptors (Lipinski definition) is 3. The Kier molecular flexibility index (Phi) is 4.07. The maximum Gasteiger partial charge on any atom is 0.327 e. The molecule has 0 bridgehead atoms. The Morgan fingerprint density at radius 3 is 2.44 bits per heavy atom. The second-order valence-corrected chi connectivity index (χ2v) is 4.25. The van der Waals surface area contributed by atoms with Gasteiger partial charge in [0.15, 0.2) is 0 Å². The van der Waals surface area contributed by atoms with Gasteiger partial charge in [0.05, 0.1) is 7.11 Å². The molecule has 0 radical (unpaired) electrons. The van der Waals surface area contributed by atoms with Crippen LogP contribution in [-0.4, -0.2) is 32.1 Å². The van der Waals surface area contributed by atoms with Crippen molar-refractivity contribution in [3.05, 3.63) is 34.9 Å². The molecule has 1 unspecified atom stereocenters. The third-order valence-electron chi connectivity index (χ3n) is 2.67. The smallest absolute Gasteiger partial charge is 0.327 e. The summed E-state index contributed by atoms with van der Waals surface area (Å²) in [6, 6.07) is 5.79. The summed E-state index contributed by atoms with van der Waals surface area (Å²) >= 11 is 0. The van der Waals surface area contributed by atoms with Crippen LogP contribution in [0.25, 0.3) is 0 Å². The largest absolute Gasteiger partial charge is 0.468 e. The van der Waals surface area contributed by atoms with Crippen LogP contribution in [0.4, 0.5) is 0 Å². The molecule has 0 saturated heterocycles. The van der Waals surface area contributed by atoms with Crippen LogP contribution in [0.1, 0.15) is 22.7 Å². The molecule has 0 spiro atoms. The fourth-order valence-corrected chi connectivity index (χ4v) is 1.78. The van der Waals surface area contributed by atoms with E-state index in [0.29, 0.717) is 0 Å². The van der Waals surface area contributed by atoms with Gasteiger partial charge >= 0.3 is 5.97 Å². The topological polar surface area (TPSA) is 29.5 Å². The maximum atomic E-state index is 11.8. The van der Waals surface area contributed by atoms with Crippen molar-refractivity contribution >= 4 is 5.97 Å². The van der Waals surface area contributed by atoms with E-state index in [4.69, 9.17) is 4.74 Å². The van der Waals surface area contributed by atoms with E-state index < -0.39 is 0 Å². The summed E-state index contributed by atoms with van der Waals surface area (Å²) in [7, 11) is 5.18. The molecule has 0 heterocycles. The molecule has 0 aliphatic rings. The van der Waals surface area contributed by atoms with Crippen molar-refractivity contribution in [1.82, 2.24) is 4.90 Å². The number of carbonyl (C=O) groups is 1. The maximum absolute atomic E-state index is 11.8. The number of hydrogen-bond donors (Lipinski definition) is 0. The number of rotatable bonds is 3. The van der Waals surface area contributed by atoms with Crippen LogP contribution >= 0.6 is 0 Å². The summed E-state index contributed by atoms with van der Waals surface area (Å²) in [5.74, 6) is -0.223. The molecule has 0 fully saturated rings. The number of benzene rings is 1. The molecule has 0 aliphatic heterocycles. The average molecular weight is 221 g/mol. The number of esters is 1. The third kappa shape index (κ3) is 2.61. The first kappa shape index (κ1) is 12.7. The first-order valence-electron chi connectivity index (χ1n) is 5.28. The molecule has 88 valence electrons. The van der Waals surface area contributed by atoms with Crippen molar-refractivity contribution in [1.29, 1.82) is 0 Å². The molecule has 1 aromatic carbocycles. The highest BCUT2D eigenvalue weighted by molar-refractivity contribution is 5.78. The van der Waals surface area contributed by atoms with Crippen LogP contribution in [0.5, 0.6) is 0 Å². The van der Waals surface area contributed by atoms with Crippen LogP contribution in [0.15, 0.2) is 18.2 Å². The van der Waals surface area contributed by atoms with Gasteiger partial charge in [-0.1, -0.05) is 23.8 Å². The summed E-state index contributed by atoms with van der Waals surface area (Å²) in [5.41, 5.74) is 3.27. The van der Waals surface area contributed by atoms with Gasteiger partial charge in [-0.05, 0) is 39.1 Å². The summed E-state index contributed by atoms with van der Waals surface area (Å²) in [5, 5.41) is 0. The Labute approximate surface area is 97.0 Å². The normalized spacial score (nSPS) is 12.6. The molecule has 1 aromatic rings. The Morgan fingerprint density at radius 2 is 1.94 bits per heavy atom. The van der Waals surface area contributed by atoms with E-state index in [0.717, 1.165) is 16.7 Å². The Hall–Kier alpha value is -1.35. The van der Waals surface area contributed by atoms with Crippen molar-refractivity contribution in [2.45, 2.75) is 19.9 Å². The predicted molar refractivity (Wildman–Crippen MR) is 64.4 cm³/mol. The van der Waals surface area contributed by atoms with E-state index in [9.17, 15) is 4.79 Å². The fraction of sp³-hybridized carbons (Fsp3) is 0.462. The molecule has 0 aliphatic carbocycles. The first-order chi connectivity index (χ1) is 7.47. The Balaban J connectivity index is 3.20. The van der Waals surface area contributed by atoms with Gasteiger partial charge in [-0.2, -0.15) is 0 Å². The van der Waals surface area contributed by atoms with Crippen LogP contribution in [-0.2, 0) is 9.53 Å². The minimum Gasteiger partial charge on any atom is -0.468 e. The molecule has 0 saturated carbocycles. The summed E-state index contributed by atoms with van der Waals surface area (Å²) in [6.45, 7) is 4.03. The average Bonchev–Trinajstić information content (AvgIpc) is 2.22. The summed E-state index contributed by atoms with van der Waals surface area (Å²) < 4.78 is 4.84. The highest BCUT2D eigenvalue weighted by atomic mass is 16.5. The predicted octanol–water partition coefficient (Wildman–Crippen LogP) is 2.08. The molecule has 1 rings (SSSR count). The molecule has 0 N–H and O–H groups in total. The van der Waals surface area contributed by atoms with Gasteiger partial charge in [-0.3, -0.25) is 4.90 Å². The number of methoxy groups -OCH3 is 1. The second-order valence-electron chi connectivity index (χ2n) is 4.25. The van der Waals surface area contributed by atoms with Crippen molar-refractivity contribution < 1.29 is 9.53 Å². The van der Waals surface area contributed by atoms with Crippen molar-refractivity contribution in [3.8, 4) is 0 Å². The van der Waals surface area contributed by atoms with Gasteiger partial charge in [0.25, 0.3) is 0 Å². The zero-order valence-corrected chi connectivity index (χ0v) is 10.6. The molecule has 0 amide bonds. The van der Waals surface area contributed by atoms with Crippen molar-refractivity contribution in [3.63, 3.8) is 0 Å². The zero-order valence-electron chi connectivity index (χ0n) is 10.6. The van der Waals surface area contributed by atoms with Crippen LogP contribution in [0.3, 0.4) is 0 Å². The molecular weight excluding hydrogens is 202 g/mol. The van der Waals surface area contributed by atoms with Crippen LogP contribution in [0, 0.1) is 13.8 Å². The van der Waals surface area contributed by atoms with Gasteiger partial charge in [-0.15, -0.1) is 0 Å². The Bertz CT molecular complexity index is 386. The zero-order chi connectivity index (χ0) is 12.3. The van der Waals surface area contributed by atoms with E-state index in [-0.39, 0.29) is 12.0 Å². The monoisotopic (exact) mass is 221 g/mol. The lowest BCUT2D eigenvalue weighted by atomic mass is 9.98. The molecule has 0 aromatic heterocycles. The van der Waals surface area contributed by atoms with Gasteiger partial charge < -0.3 is 4.74 Å². The lowest BCUT2D eigenvalue weighted by Gasteiger charge is -2.24. The third-order valence-corrected chi connectivity index (χ3v) is 2.67. The van der Waals surface area contributed by atoms with Gasteiger partial charge in [0, 0.05) is 0 Å².